The molecule has 8 heteroatoms. The lowest BCUT2D eigenvalue weighted by Gasteiger charge is -2.23. The Labute approximate surface area is 185 Å². The second-order valence-corrected chi connectivity index (χ2v) is 9.10. The number of carbonyl (C=O) groups excluding carboxylic acids is 1. The Morgan fingerprint density at radius 3 is 2.86 bits per heavy atom. The molecule has 1 saturated heterocycles. The van der Waals surface area contributed by atoms with Gasteiger partial charge in [0.15, 0.2) is 6.23 Å². The summed E-state index contributed by atoms with van der Waals surface area (Å²) < 4.78 is 25.2. The molecule has 1 unspecified atom stereocenters. The van der Waals surface area contributed by atoms with Crippen LogP contribution in [-0.2, 0) is 19.0 Å². The lowest BCUT2D eigenvalue weighted by Crippen LogP contribution is -2.26. The maximum absolute atomic E-state index is 11.6. The summed E-state index contributed by atoms with van der Waals surface area (Å²) >= 11 is 2.26. The van der Waals surface area contributed by atoms with Crippen molar-refractivity contribution < 1.29 is 23.7 Å². The molecule has 29 heavy (non-hydrogen) atoms. The summed E-state index contributed by atoms with van der Waals surface area (Å²) in [6, 6.07) is 6.02. The number of aromatic nitrogens is 2. The van der Waals surface area contributed by atoms with Crippen LogP contribution in [0.4, 0.5) is 0 Å². The van der Waals surface area contributed by atoms with Gasteiger partial charge < -0.3 is 18.9 Å². The first-order chi connectivity index (χ1) is 13.8. The van der Waals surface area contributed by atoms with Gasteiger partial charge in [0.1, 0.15) is 21.7 Å². The van der Waals surface area contributed by atoms with E-state index in [0.29, 0.717) is 19.6 Å². The Bertz CT molecular complexity index is 824. The van der Waals surface area contributed by atoms with Gasteiger partial charge in [-0.05, 0) is 80.8 Å². The highest BCUT2D eigenvalue weighted by atomic mass is 127. The third-order valence-electron chi connectivity index (χ3n) is 4.40. The van der Waals surface area contributed by atoms with E-state index in [1.54, 1.807) is 0 Å². The molecule has 0 aliphatic carbocycles. The molecule has 1 aromatic heterocycles. The van der Waals surface area contributed by atoms with Crippen molar-refractivity contribution in [2.75, 3.05) is 26.4 Å². The van der Waals surface area contributed by atoms with Crippen molar-refractivity contribution in [2.45, 2.75) is 58.3 Å². The summed E-state index contributed by atoms with van der Waals surface area (Å²) in [5.74, 6) is 0.448. The summed E-state index contributed by atoms with van der Waals surface area (Å²) in [6.07, 6.45) is 3.98. The molecule has 0 bridgehead atoms. The number of benzene rings is 1. The number of ether oxygens (including phenoxy) is 4. The number of hydrogen-bond donors (Lipinski definition) is 0. The summed E-state index contributed by atoms with van der Waals surface area (Å²) in [7, 11) is 0. The van der Waals surface area contributed by atoms with Crippen LogP contribution in [0.5, 0.6) is 5.75 Å². The van der Waals surface area contributed by atoms with E-state index in [4.69, 9.17) is 18.9 Å². The van der Waals surface area contributed by atoms with Crippen molar-refractivity contribution in [3.05, 3.63) is 21.9 Å². The van der Waals surface area contributed by atoms with Gasteiger partial charge in [0.2, 0.25) is 0 Å². The van der Waals surface area contributed by atoms with Crippen molar-refractivity contribution in [3.8, 4) is 5.75 Å². The lowest BCUT2D eigenvalue weighted by molar-refractivity contribution is -0.160. The summed E-state index contributed by atoms with van der Waals surface area (Å²) in [5.41, 5.74) is 0.575. The second-order valence-electron chi connectivity index (χ2n) is 8.08. The fourth-order valence-electron chi connectivity index (χ4n) is 3.19. The van der Waals surface area contributed by atoms with Crippen molar-refractivity contribution in [1.29, 1.82) is 0 Å². The van der Waals surface area contributed by atoms with Crippen LogP contribution < -0.4 is 4.74 Å². The SMILES string of the molecule is CC(C)(C)OC(=O)COCCCOc1ccc2c(c1)c(I)nn2C1CCCCO1. The van der Waals surface area contributed by atoms with E-state index in [1.807, 2.05) is 43.7 Å². The standard InChI is InChI=1S/C21H29IN2O5/c1-21(2,3)29-19(25)14-26-10-6-12-27-15-8-9-17-16(13-15)20(22)23-24(17)18-7-4-5-11-28-18/h8-9,13,18H,4-7,10-12,14H2,1-3H3. The molecule has 1 aliphatic rings. The molecule has 0 saturated carbocycles. The van der Waals surface area contributed by atoms with Gasteiger partial charge in [0, 0.05) is 18.4 Å². The highest BCUT2D eigenvalue weighted by Gasteiger charge is 2.20. The number of rotatable bonds is 8. The first kappa shape index (κ1) is 22.3. The number of halogens is 1. The Kier molecular flexibility index (Phi) is 7.75. The molecule has 0 amide bonds. The molecule has 1 aromatic carbocycles. The maximum Gasteiger partial charge on any atom is 0.332 e. The summed E-state index contributed by atoms with van der Waals surface area (Å²) in [6.45, 7) is 7.21. The molecule has 1 atom stereocenters. The highest BCUT2D eigenvalue weighted by Crippen LogP contribution is 2.30. The first-order valence-corrected chi connectivity index (χ1v) is 11.1. The Hall–Kier alpha value is -1.39. The zero-order valence-electron chi connectivity index (χ0n) is 17.3. The Balaban J connectivity index is 1.46. The van der Waals surface area contributed by atoms with E-state index in [9.17, 15) is 4.79 Å². The van der Waals surface area contributed by atoms with Crippen LogP contribution in [0.3, 0.4) is 0 Å². The molecular formula is C21H29IN2O5. The van der Waals surface area contributed by atoms with Crippen LogP contribution in [0.2, 0.25) is 0 Å². The maximum atomic E-state index is 11.6. The van der Waals surface area contributed by atoms with Crippen LogP contribution in [0.1, 0.15) is 52.7 Å². The van der Waals surface area contributed by atoms with E-state index >= 15 is 0 Å². The van der Waals surface area contributed by atoms with Crippen LogP contribution >= 0.6 is 22.6 Å². The second kappa shape index (κ2) is 10.1. The van der Waals surface area contributed by atoms with Gasteiger partial charge >= 0.3 is 5.97 Å². The average Bonchev–Trinajstić information content (AvgIpc) is 3.00. The van der Waals surface area contributed by atoms with Crippen molar-refractivity contribution in [3.63, 3.8) is 0 Å². The number of fused-ring (bicyclic) bond motifs is 1. The molecule has 7 nitrogen and oxygen atoms in total. The Morgan fingerprint density at radius 2 is 2.14 bits per heavy atom. The molecular weight excluding hydrogens is 487 g/mol. The van der Waals surface area contributed by atoms with E-state index < -0.39 is 5.60 Å². The molecule has 1 aliphatic heterocycles. The topological polar surface area (TPSA) is 71.8 Å². The Morgan fingerprint density at radius 1 is 1.31 bits per heavy atom. The van der Waals surface area contributed by atoms with E-state index in [1.165, 1.54) is 6.42 Å². The van der Waals surface area contributed by atoms with Gasteiger partial charge in [0.25, 0.3) is 0 Å². The molecule has 2 aromatic rings. The van der Waals surface area contributed by atoms with Crippen LogP contribution in [-0.4, -0.2) is 47.8 Å². The minimum atomic E-state index is -0.489. The van der Waals surface area contributed by atoms with Crippen LogP contribution in [0, 0.1) is 3.70 Å². The predicted molar refractivity (Wildman–Crippen MR) is 118 cm³/mol. The first-order valence-electron chi connectivity index (χ1n) is 10.1. The minimum Gasteiger partial charge on any atom is -0.493 e. The number of nitrogens with zero attached hydrogens (tertiary/aromatic N) is 2. The van der Waals surface area contributed by atoms with Gasteiger partial charge in [-0.1, -0.05) is 0 Å². The fourth-order valence-corrected chi connectivity index (χ4v) is 3.85. The molecule has 160 valence electrons. The van der Waals surface area contributed by atoms with Crippen LogP contribution in [0.15, 0.2) is 18.2 Å². The monoisotopic (exact) mass is 516 g/mol. The molecule has 1 fully saturated rings. The smallest absolute Gasteiger partial charge is 0.332 e. The average molecular weight is 516 g/mol. The third kappa shape index (κ3) is 6.55. The molecule has 0 spiro atoms. The molecule has 0 radical (unpaired) electrons. The van der Waals surface area contributed by atoms with E-state index in [2.05, 4.69) is 27.7 Å². The van der Waals surface area contributed by atoms with E-state index in [0.717, 1.165) is 39.8 Å². The van der Waals surface area contributed by atoms with Crippen molar-refractivity contribution >= 4 is 39.5 Å². The van der Waals surface area contributed by atoms with Gasteiger partial charge in [-0.15, -0.1) is 0 Å². The largest absolute Gasteiger partial charge is 0.493 e. The van der Waals surface area contributed by atoms with Crippen molar-refractivity contribution in [1.82, 2.24) is 9.78 Å². The summed E-state index contributed by atoms with van der Waals surface area (Å²) in [5, 5.41) is 5.74. The molecule has 0 N–H and O–H groups in total. The predicted octanol–water partition coefficient (Wildman–Crippen LogP) is 4.47. The third-order valence-corrected chi connectivity index (χ3v) is 5.20. The highest BCUT2D eigenvalue weighted by molar-refractivity contribution is 14.1. The van der Waals surface area contributed by atoms with Gasteiger partial charge in [-0.25, -0.2) is 9.48 Å². The quantitative estimate of drug-likeness (QED) is 0.293. The van der Waals surface area contributed by atoms with Gasteiger partial charge in [0.05, 0.1) is 18.7 Å². The summed E-state index contributed by atoms with van der Waals surface area (Å²) in [4.78, 5) is 11.6. The van der Waals surface area contributed by atoms with E-state index in [-0.39, 0.29) is 18.8 Å². The van der Waals surface area contributed by atoms with Crippen LogP contribution in [0.25, 0.3) is 10.9 Å². The lowest BCUT2D eigenvalue weighted by atomic mass is 10.2. The minimum absolute atomic E-state index is 0.0173. The number of carbonyl (C=O) groups is 1. The molecule has 3 rings (SSSR count). The normalized spacial score (nSPS) is 17.4. The van der Waals surface area contributed by atoms with Crippen molar-refractivity contribution in [2.24, 2.45) is 0 Å². The van der Waals surface area contributed by atoms with Gasteiger partial charge in [-0.3, -0.25) is 0 Å². The fraction of sp³-hybridized carbons (Fsp3) is 0.619. The number of hydrogen-bond acceptors (Lipinski definition) is 6. The zero-order valence-corrected chi connectivity index (χ0v) is 19.4. The van der Waals surface area contributed by atoms with Gasteiger partial charge in [-0.2, -0.15) is 5.10 Å². The number of esters is 1. The zero-order chi connectivity index (χ0) is 20.9. The molecule has 2 heterocycles.